The van der Waals surface area contributed by atoms with Crippen molar-refractivity contribution in [2.24, 2.45) is 5.73 Å². The Morgan fingerprint density at radius 3 is 3.15 bits per heavy atom. The van der Waals surface area contributed by atoms with Gasteiger partial charge in [0, 0.05) is 24.5 Å². The van der Waals surface area contributed by atoms with E-state index in [-0.39, 0.29) is 12.5 Å². The van der Waals surface area contributed by atoms with Crippen LogP contribution in [0.1, 0.15) is 18.7 Å². The normalized spacial score (nSPS) is 12.4. The Kier molecular flexibility index (Phi) is 2.79. The summed E-state index contributed by atoms with van der Waals surface area (Å²) >= 11 is 0. The largest absolute Gasteiger partial charge is 0.368 e. The monoisotopic (exact) mass is 180 g/mol. The van der Waals surface area contributed by atoms with Crippen LogP contribution in [0.3, 0.4) is 0 Å². The third-order valence-corrected chi connectivity index (χ3v) is 1.73. The lowest BCUT2D eigenvalue weighted by molar-refractivity contribution is -0.118. The molecule has 1 aromatic heterocycles. The van der Waals surface area contributed by atoms with Gasteiger partial charge in [-0.15, -0.1) is 0 Å². The predicted molar refractivity (Wildman–Crippen MR) is 48.6 cm³/mol. The SMILES string of the molecule is CC(C=N)c1nccn1CC(N)=O. The summed E-state index contributed by atoms with van der Waals surface area (Å²) in [6, 6.07) is 0. The van der Waals surface area contributed by atoms with E-state index in [1.807, 2.05) is 6.92 Å². The zero-order valence-corrected chi connectivity index (χ0v) is 7.40. The van der Waals surface area contributed by atoms with Crippen molar-refractivity contribution in [2.75, 3.05) is 0 Å². The highest BCUT2D eigenvalue weighted by molar-refractivity contribution is 5.73. The Hall–Kier alpha value is -1.65. The van der Waals surface area contributed by atoms with Crippen LogP contribution in [0.5, 0.6) is 0 Å². The molecule has 70 valence electrons. The van der Waals surface area contributed by atoms with Gasteiger partial charge in [0.05, 0.1) is 0 Å². The van der Waals surface area contributed by atoms with Gasteiger partial charge in [-0.2, -0.15) is 0 Å². The highest BCUT2D eigenvalue weighted by atomic mass is 16.1. The molecule has 3 N–H and O–H groups in total. The smallest absolute Gasteiger partial charge is 0.237 e. The summed E-state index contributed by atoms with van der Waals surface area (Å²) in [6.07, 6.45) is 4.55. The molecule has 5 heteroatoms. The first-order chi connectivity index (χ1) is 6.15. The molecule has 0 aliphatic carbocycles. The Bertz CT molecular complexity index is 318. The fourth-order valence-electron chi connectivity index (χ4n) is 1.10. The summed E-state index contributed by atoms with van der Waals surface area (Å²) in [7, 11) is 0. The van der Waals surface area contributed by atoms with Crippen LogP contribution in [-0.2, 0) is 11.3 Å². The van der Waals surface area contributed by atoms with Crippen molar-refractivity contribution in [3.05, 3.63) is 18.2 Å². The lowest BCUT2D eigenvalue weighted by Gasteiger charge is -2.07. The Labute approximate surface area is 76.1 Å². The summed E-state index contributed by atoms with van der Waals surface area (Å²) < 4.78 is 1.65. The quantitative estimate of drug-likeness (QED) is 0.645. The first kappa shape index (κ1) is 9.44. The standard InChI is InChI=1S/C8H12N4O/c1-6(4-9)8-11-2-3-12(8)5-7(10)13/h2-4,6,9H,5H2,1H3,(H2,10,13). The van der Waals surface area contributed by atoms with Crippen molar-refractivity contribution in [3.8, 4) is 0 Å². The lowest BCUT2D eigenvalue weighted by atomic mass is 10.2. The number of carbonyl (C=O) groups is 1. The number of nitrogens with zero attached hydrogens (tertiary/aromatic N) is 2. The Morgan fingerprint density at radius 1 is 1.92 bits per heavy atom. The van der Waals surface area contributed by atoms with E-state index in [1.54, 1.807) is 17.0 Å². The van der Waals surface area contributed by atoms with Crippen molar-refractivity contribution in [1.29, 1.82) is 5.41 Å². The van der Waals surface area contributed by atoms with Crippen LogP contribution in [0.4, 0.5) is 0 Å². The number of nitrogens with two attached hydrogens (primary N) is 1. The number of rotatable bonds is 4. The van der Waals surface area contributed by atoms with Crippen LogP contribution in [0, 0.1) is 5.41 Å². The maximum absolute atomic E-state index is 10.6. The molecule has 1 heterocycles. The van der Waals surface area contributed by atoms with Gasteiger partial charge in [-0.05, 0) is 0 Å². The molecule has 0 aliphatic rings. The van der Waals surface area contributed by atoms with Crippen LogP contribution in [0.2, 0.25) is 0 Å². The second-order valence-corrected chi connectivity index (χ2v) is 2.83. The molecule has 0 saturated carbocycles. The number of hydrogen-bond acceptors (Lipinski definition) is 3. The maximum atomic E-state index is 10.6. The van der Waals surface area contributed by atoms with E-state index in [4.69, 9.17) is 11.1 Å². The van der Waals surface area contributed by atoms with Crippen LogP contribution >= 0.6 is 0 Å². The first-order valence-corrected chi connectivity index (χ1v) is 3.95. The second kappa shape index (κ2) is 3.84. The lowest BCUT2D eigenvalue weighted by Crippen LogP contribution is -2.20. The van der Waals surface area contributed by atoms with Crippen LogP contribution in [0.15, 0.2) is 12.4 Å². The van der Waals surface area contributed by atoms with Crippen LogP contribution in [-0.4, -0.2) is 21.7 Å². The number of aromatic nitrogens is 2. The molecule has 0 bridgehead atoms. The molecule has 1 aromatic rings. The van der Waals surface area contributed by atoms with E-state index in [0.717, 1.165) is 0 Å². The molecule has 1 atom stereocenters. The minimum atomic E-state index is -0.406. The third-order valence-electron chi connectivity index (χ3n) is 1.73. The zero-order chi connectivity index (χ0) is 9.84. The molecule has 0 fully saturated rings. The van der Waals surface area contributed by atoms with Crippen LogP contribution < -0.4 is 5.73 Å². The van der Waals surface area contributed by atoms with Crippen molar-refractivity contribution in [3.63, 3.8) is 0 Å². The molecule has 0 saturated heterocycles. The van der Waals surface area contributed by atoms with Gasteiger partial charge < -0.3 is 15.7 Å². The molecule has 0 radical (unpaired) electrons. The number of primary amides is 1. The van der Waals surface area contributed by atoms with Crippen molar-refractivity contribution >= 4 is 12.1 Å². The second-order valence-electron chi connectivity index (χ2n) is 2.83. The third kappa shape index (κ3) is 2.14. The van der Waals surface area contributed by atoms with E-state index in [2.05, 4.69) is 4.98 Å². The number of amides is 1. The molecule has 0 aromatic carbocycles. The van der Waals surface area contributed by atoms with Gasteiger partial charge in [0.2, 0.25) is 5.91 Å². The van der Waals surface area contributed by atoms with Gasteiger partial charge in [-0.25, -0.2) is 4.98 Å². The number of hydrogen-bond donors (Lipinski definition) is 2. The van der Waals surface area contributed by atoms with Gasteiger partial charge in [0.1, 0.15) is 12.4 Å². The zero-order valence-electron chi connectivity index (χ0n) is 7.40. The van der Waals surface area contributed by atoms with E-state index in [0.29, 0.717) is 5.82 Å². The molecule has 0 spiro atoms. The number of carbonyl (C=O) groups excluding carboxylic acids is 1. The Morgan fingerprint density at radius 2 is 2.62 bits per heavy atom. The molecule has 1 unspecified atom stereocenters. The highest BCUT2D eigenvalue weighted by Crippen LogP contribution is 2.09. The molecule has 1 rings (SSSR count). The van der Waals surface area contributed by atoms with Gasteiger partial charge in [-0.3, -0.25) is 4.79 Å². The van der Waals surface area contributed by atoms with Crippen molar-refractivity contribution in [2.45, 2.75) is 19.4 Å². The van der Waals surface area contributed by atoms with Gasteiger partial charge >= 0.3 is 0 Å². The average Bonchev–Trinajstić information content (AvgIpc) is 2.50. The summed E-state index contributed by atoms with van der Waals surface area (Å²) in [5.74, 6) is 0.194. The number of nitrogens with one attached hydrogen (secondary N) is 1. The minimum Gasteiger partial charge on any atom is -0.368 e. The molecule has 0 aliphatic heterocycles. The topological polar surface area (TPSA) is 84.8 Å². The molecule has 1 amide bonds. The van der Waals surface area contributed by atoms with Gasteiger partial charge in [0.25, 0.3) is 0 Å². The minimum absolute atomic E-state index is 0.0886. The predicted octanol–water partition coefficient (Wildman–Crippen LogP) is 0.121. The van der Waals surface area contributed by atoms with Gasteiger partial charge in [-0.1, -0.05) is 6.92 Å². The molecular weight excluding hydrogens is 168 g/mol. The van der Waals surface area contributed by atoms with Crippen molar-refractivity contribution in [1.82, 2.24) is 9.55 Å². The average molecular weight is 180 g/mol. The summed E-state index contributed by atoms with van der Waals surface area (Å²) in [4.78, 5) is 14.7. The van der Waals surface area contributed by atoms with E-state index < -0.39 is 5.91 Å². The summed E-state index contributed by atoms with van der Waals surface area (Å²) in [5.41, 5.74) is 5.05. The van der Waals surface area contributed by atoms with E-state index in [1.165, 1.54) is 6.21 Å². The first-order valence-electron chi connectivity index (χ1n) is 3.95. The fourth-order valence-corrected chi connectivity index (χ4v) is 1.10. The highest BCUT2D eigenvalue weighted by Gasteiger charge is 2.10. The molecular formula is C8H12N4O. The Balaban J connectivity index is 2.88. The summed E-state index contributed by atoms with van der Waals surface area (Å²) in [5, 5.41) is 7.07. The van der Waals surface area contributed by atoms with Crippen LogP contribution in [0.25, 0.3) is 0 Å². The fraction of sp³-hybridized carbons (Fsp3) is 0.375. The van der Waals surface area contributed by atoms with E-state index in [9.17, 15) is 4.79 Å². The summed E-state index contributed by atoms with van der Waals surface area (Å²) in [6.45, 7) is 1.96. The van der Waals surface area contributed by atoms with Gasteiger partial charge in [0.15, 0.2) is 0 Å². The maximum Gasteiger partial charge on any atom is 0.237 e. The molecule has 5 nitrogen and oxygen atoms in total. The molecule has 13 heavy (non-hydrogen) atoms. The van der Waals surface area contributed by atoms with Crippen molar-refractivity contribution < 1.29 is 4.79 Å². The number of imidazole rings is 1. The van der Waals surface area contributed by atoms with E-state index >= 15 is 0 Å².